The second kappa shape index (κ2) is 22.0. The van der Waals surface area contributed by atoms with Gasteiger partial charge in [0.25, 0.3) is 0 Å². The molecule has 0 bridgehead atoms. The van der Waals surface area contributed by atoms with Gasteiger partial charge in [0.2, 0.25) is 0 Å². The van der Waals surface area contributed by atoms with Crippen LogP contribution in [0.5, 0.6) is 23.0 Å². The molecule has 284 valence electrons. The van der Waals surface area contributed by atoms with Crippen molar-refractivity contribution in [1.82, 2.24) is 0 Å². The predicted molar refractivity (Wildman–Crippen MR) is 194 cm³/mol. The summed E-state index contributed by atoms with van der Waals surface area (Å²) in [4.78, 5) is 49.3. The monoisotopic (exact) mass is 732 g/mol. The minimum Gasteiger partial charge on any atom is -0.494 e. The second-order valence-electron chi connectivity index (χ2n) is 12.4. The Kier molecular flexibility index (Phi) is 16.8. The molecule has 0 heterocycles. The average Bonchev–Trinajstić information content (AvgIpc) is 3.18. The van der Waals surface area contributed by atoms with E-state index in [4.69, 9.17) is 33.2 Å². The van der Waals surface area contributed by atoms with Crippen molar-refractivity contribution in [2.24, 2.45) is 5.92 Å². The standard InChI is InChI=1S/C41H48O12/c1-3-37(42)49-27-7-5-25-47-32-15-9-29(10-16-32)39(44)51-34-19-13-31(14-20-34)41(46)53-36-23-21-35(22-24-36)52-40(45)30-11-17-33(18-12-30)48-26-6-8-28-50-38(43)4-2/h4,9-12,15-18,21-24,31,34,37,42H,2-3,5-8,13-14,19-20,25-28H2,1H3. The summed E-state index contributed by atoms with van der Waals surface area (Å²) in [7, 11) is 0. The Balaban J connectivity index is 1.10. The van der Waals surface area contributed by atoms with E-state index in [9.17, 15) is 24.3 Å². The topological polar surface area (TPSA) is 153 Å². The van der Waals surface area contributed by atoms with Crippen LogP contribution in [0.25, 0.3) is 0 Å². The molecule has 1 aliphatic rings. The number of rotatable bonds is 21. The molecule has 53 heavy (non-hydrogen) atoms. The molecule has 12 nitrogen and oxygen atoms in total. The van der Waals surface area contributed by atoms with Crippen molar-refractivity contribution < 1.29 is 57.4 Å². The largest absolute Gasteiger partial charge is 0.494 e. The number of carbonyl (C=O) groups excluding carboxylic acids is 4. The van der Waals surface area contributed by atoms with Crippen LogP contribution in [0, 0.1) is 5.92 Å². The first-order chi connectivity index (χ1) is 25.7. The molecule has 1 saturated carbocycles. The van der Waals surface area contributed by atoms with Crippen LogP contribution in [-0.2, 0) is 23.8 Å². The zero-order valence-corrected chi connectivity index (χ0v) is 30.1. The summed E-state index contributed by atoms with van der Waals surface area (Å²) in [6, 6.07) is 19.6. The first-order valence-electron chi connectivity index (χ1n) is 18.0. The second-order valence-corrected chi connectivity index (χ2v) is 12.4. The van der Waals surface area contributed by atoms with Crippen LogP contribution in [0.15, 0.2) is 85.5 Å². The summed E-state index contributed by atoms with van der Waals surface area (Å²) in [5.74, 6) is -0.237. The molecule has 1 aliphatic carbocycles. The third-order valence-electron chi connectivity index (χ3n) is 8.40. The van der Waals surface area contributed by atoms with Gasteiger partial charge in [0.05, 0.1) is 36.9 Å². The molecule has 1 unspecified atom stereocenters. The van der Waals surface area contributed by atoms with E-state index in [2.05, 4.69) is 6.58 Å². The van der Waals surface area contributed by atoms with Gasteiger partial charge in [-0.15, -0.1) is 0 Å². The number of hydrogen-bond acceptors (Lipinski definition) is 12. The number of aliphatic hydroxyl groups excluding tert-OH is 1. The van der Waals surface area contributed by atoms with Crippen molar-refractivity contribution in [3.8, 4) is 23.0 Å². The van der Waals surface area contributed by atoms with E-state index >= 15 is 0 Å². The molecule has 12 heteroatoms. The SMILES string of the molecule is C=CC(=O)OCCCCOc1ccc(C(=O)Oc2ccc(OC(=O)C3CCC(OC(=O)c4ccc(OCCCCOC(O)CC)cc4)CC3)cc2)cc1. The molecule has 0 amide bonds. The fourth-order valence-electron chi connectivity index (χ4n) is 5.31. The first kappa shape index (κ1) is 40.6. The summed E-state index contributed by atoms with van der Waals surface area (Å²) in [6.45, 7) is 6.90. The van der Waals surface area contributed by atoms with Gasteiger partial charge in [0, 0.05) is 12.7 Å². The molecule has 0 saturated heterocycles. The molecule has 0 spiro atoms. The van der Waals surface area contributed by atoms with Crippen LogP contribution in [-0.4, -0.2) is 67.8 Å². The van der Waals surface area contributed by atoms with Gasteiger partial charge in [-0.1, -0.05) is 13.5 Å². The van der Waals surface area contributed by atoms with Gasteiger partial charge < -0.3 is 38.3 Å². The van der Waals surface area contributed by atoms with Crippen LogP contribution in [0.1, 0.15) is 85.4 Å². The van der Waals surface area contributed by atoms with Crippen molar-refractivity contribution in [2.75, 3.05) is 26.4 Å². The van der Waals surface area contributed by atoms with E-state index in [1.165, 1.54) is 0 Å². The third-order valence-corrected chi connectivity index (χ3v) is 8.40. The number of aliphatic hydroxyl groups is 1. The molecular weight excluding hydrogens is 684 g/mol. The number of unbranched alkanes of at least 4 members (excludes halogenated alkanes) is 2. The van der Waals surface area contributed by atoms with Crippen LogP contribution in [0.3, 0.4) is 0 Å². The van der Waals surface area contributed by atoms with E-state index in [0.717, 1.165) is 18.9 Å². The van der Waals surface area contributed by atoms with E-state index < -0.39 is 24.2 Å². The van der Waals surface area contributed by atoms with Crippen molar-refractivity contribution in [1.29, 1.82) is 0 Å². The summed E-state index contributed by atoms with van der Waals surface area (Å²) in [5, 5.41) is 9.41. The number of benzene rings is 3. The normalized spacial score (nSPS) is 15.7. The lowest BCUT2D eigenvalue weighted by Crippen LogP contribution is -2.30. The Hall–Kier alpha value is -5.20. The number of hydrogen-bond donors (Lipinski definition) is 1. The van der Waals surface area contributed by atoms with Crippen molar-refractivity contribution >= 4 is 23.9 Å². The van der Waals surface area contributed by atoms with Gasteiger partial charge in [-0.05, 0) is 131 Å². The number of carbonyl (C=O) groups is 4. The first-order valence-corrected chi connectivity index (χ1v) is 18.0. The molecule has 0 radical (unpaired) electrons. The summed E-state index contributed by atoms with van der Waals surface area (Å²) in [5.41, 5.74) is 0.764. The number of esters is 4. The summed E-state index contributed by atoms with van der Waals surface area (Å²) < 4.78 is 38.3. The maximum atomic E-state index is 12.9. The van der Waals surface area contributed by atoms with Crippen LogP contribution >= 0.6 is 0 Å². The van der Waals surface area contributed by atoms with Gasteiger partial charge in [-0.2, -0.15) is 0 Å². The molecule has 1 fully saturated rings. The zero-order chi connectivity index (χ0) is 37.8. The maximum Gasteiger partial charge on any atom is 0.343 e. The van der Waals surface area contributed by atoms with E-state index in [1.54, 1.807) is 72.8 Å². The van der Waals surface area contributed by atoms with Crippen molar-refractivity contribution in [3.05, 3.63) is 96.6 Å². The van der Waals surface area contributed by atoms with Crippen LogP contribution < -0.4 is 18.9 Å². The van der Waals surface area contributed by atoms with Gasteiger partial charge in [-0.3, -0.25) is 4.79 Å². The van der Waals surface area contributed by atoms with E-state index in [1.807, 2.05) is 6.92 Å². The Morgan fingerprint density at radius 2 is 1.17 bits per heavy atom. The Bertz CT molecular complexity index is 1590. The summed E-state index contributed by atoms with van der Waals surface area (Å²) in [6.07, 6.45) is 5.70. The minimum absolute atomic E-state index is 0.291. The van der Waals surface area contributed by atoms with Crippen molar-refractivity contribution in [3.63, 3.8) is 0 Å². The Morgan fingerprint density at radius 3 is 1.72 bits per heavy atom. The zero-order valence-electron chi connectivity index (χ0n) is 30.1. The fourth-order valence-corrected chi connectivity index (χ4v) is 5.31. The van der Waals surface area contributed by atoms with Gasteiger partial charge in [-0.25, -0.2) is 14.4 Å². The van der Waals surface area contributed by atoms with E-state index in [-0.39, 0.29) is 18.0 Å². The van der Waals surface area contributed by atoms with Gasteiger partial charge in [0.1, 0.15) is 29.1 Å². The highest BCUT2D eigenvalue weighted by molar-refractivity contribution is 5.91. The van der Waals surface area contributed by atoms with Crippen molar-refractivity contribution in [2.45, 2.75) is 77.1 Å². The molecule has 1 atom stereocenters. The molecule has 0 aliphatic heterocycles. The van der Waals surface area contributed by atoms with E-state index in [0.29, 0.717) is 105 Å². The Labute approximate surface area is 309 Å². The molecule has 3 aromatic rings. The van der Waals surface area contributed by atoms with Crippen LogP contribution in [0.4, 0.5) is 0 Å². The maximum absolute atomic E-state index is 12.9. The molecular formula is C41H48O12. The van der Waals surface area contributed by atoms with Crippen LogP contribution in [0.2, 0.25) is 0 Å². The molecule has 4 rings (SSSR count). The Morgan fingerprint density at radius 1 is 0.679 bits per heavy atom. The highest BCUT2D eigenvalue weighted by Gasteiger charge is 2.30. The van der Waals surface area contributed by atoms with Gasteiger partial charge >= 0.3 is 23.9 Å². The lowest BCUT2D eigenvalue weighted by molar-refractivity contribution is -0.141. The smallest absolute Gasteiger partial charge is 0.343 e. The predicted octanol–water partition coefficient (Wildman–Crippen LogP) is 7.02. The molecule has 0 aromatic heterocycles. The minimum atomic E-state index is -0.722. The van der Waals surface area contributed by atoms with Gasteiger partial charge in [0.15, 0.2) is 6.29 Å². The molecule has 3 aromatic carbocycles. The third kappa shape index (κ3) is 14.4. The lowest BCUT2D eigenvalue weighted by atomic mass is 9.87. The fraction of sp³-hybridized carbons (Fsp3) is 0.415. The summed E-state index contributed by atoms with van der Waals surface area (Å²) >= 11 is 0. The average molecular weight is 733 g/mol. The quantitative estimate of drug-likeness (QED) is 0.0394. The molecule has 1 N–H and O–H groups in total. The highest BCUT2D eigenvalue weighted by atomic mass is 16.6. The number of ether oxygens (including phenoxy) is 7. The highest BCUT2D eigenvalue weighted by Crippen LogP contribution is 2.29. The lowest BCUT2D eigenvalue weighted by Gasteiger charge is -2.27.